The van der Waals surface area contributed by atoms with E-state index < -0.39 is 0 Å². The Morgan fingerprint density at radius 2 is 2.11 bits per heavy atom. The quantitative estimate of drug-likeness (QED) is 0.852. The fraction of sp³-hybridized carbons (Fsp3) is 0.333. The molecule has 0 saturated heterocycles. The largest absolute Gasteiger partial charge is 0.486 e. The summed E-state index contributed by atoms with van der Waals surface area (Å²) >= 11 is 1.55. The standard InChI is InChI=1S/C15H16N2OS/c1-10-5-4-6-13(11(10)2)18-9-15-17-12(3)14(19-15)7-8-16/h4-6H,7,9H2,1-3H3. The Balaban J connectivity index is 2.09. The number of aromatic nitrogens is 1. The van der Waals surface area contributed by atoms with Crippen LogP contribution in [-0.2, 0) is 13.0 Å². The number of rotatable bonds is 4. The number of aryl methyl sites for hydroxylation is 2. The summed E-state index contributed by atoms with van der Waals surface area (Å²) in [5.41, 5.74) is 3.32. The highest BCUT2D eigenvalue weighted by Gasteiger charge is 2.09. The van der Waals surface area contributed by atoms with Crippen molar-refractivity contribution in [2.45, 2.75) is 33.8 Å². The molecule has 0 saturated carbocycles. The predicted octanol–water partition coefficient (Wildman–Crippen LogP) is 3.71. The van der Waals surface area contributed by atoms with Gasteiger partial charge in [0.15, 0.2) is 0 Å². The zero-order chi connectivity index (χ0) is 13.8. The molecule has 0 aliphatic rings. The highest BCUT2D eigenvalue weighted by Crippen LogP contribution is 2.24. The molecule has 0 spiro atoms. The summed E-state index contributed by atoms with van der Waals surface area (Å²) in [5.74, 6) is 0.898. The number of hydrogen-bond acceptors (Lipinski definition) is 4. The van der Waals surface area contributed by atoms with Crippen LogP contribution in [-0.4, -0.2) is 4.98 Å². The molecular formula is C15H16N2OS. The van der Waals surface area contributed by atoms with Gasteiger partial charge in [-0.2, -0.15) is 5.26 Å². The summed E-state index contributed by atoms with van der Waals surface area (Å²) < 4.78 is 5.82. The second-order valence-electron chi connectivity index (χ2n) is 4.44. The van der Waals surface area contributed by atoms with Crippen LogP contribution < -0.4 is 4.74 Å². The van der Waals surface area contributed by atoms with E-state index in [4.69, 9.17) is 10.00 Å². The van der Waals surface area contributed by atoms with Crippen LogP contribution >= 0.6 is 11.3 Å². The number of ether oxygens (including phenoxy) is 1. The Morgan fingerprint density at radius 3 is 2.84 bits per heavy atom. The van der Waals surface area contributed by atoms with Crippen LogP contribution in [0, 0.1) is 32.1 Å². The molecule has 0 N–H and O–H groups in total. The van der Waals surface area contributed by atoms with E-state index in [1.165, 1.54) is 5.56 Å². The first-order chi connectivity index (χ1) is 9.11. The van der Waals surface area contributed by atoms with E-state index in [1.807, 2.05) is 19.1 Å². The zero-order valence-corrected chi connectivity index (χ0v) is 12.2. The van der Waals surface area contributed by atoms with Crippen molar-refractivity contribution < 1.29 is 4.74 Å². The van der Waals surface area contributed by atoms with Crippen molar-refractivity contribution in [3.8, 4) is 11.8 Å². The lowest BCUT2D eigenvalue weighted by Crippen LogP contribution is -1.97. The minimum atomic E-state index is 0.424. The highest BCUT2D eigenvalue weighted by molar-refractivity contribution is 7.11. The maximum Gasteiger partial charge on any atom is 0.140 e. The van der Waals surface area contributed by atoms with E-state index in [9.17, 15) is 0 Å². The van der Waals surface area contributed by atoms with Gasteiger partial charge in [-0.15, -0.1) is 11.3 Å². The van der Waals surface area contributed by atoms with E-state index in [0.29, 0.717) is 13.0 Å². The number of benzene rings is 1. The van der Waals surface area contributed by atoms with Crippen LogP contribution in [0.1, 0.15) is 26.7 Å². The molecule has 0 atom stereocenters. The lowest BCUT2D eigenvalue weighted by molar-refractivity contribution is 0.303. The van der Waals surface area contributed by atoms with Gasteiger partial charge in [0.2, 0.25) is 0 Å². The molecule has 1 aromatic heterocycles. The Hall–Kier alpha value is -1.86. The van der Waals surface area contributed by atoms with Crippen LogP contribution in [0.15, 0.2) is 18.2 Å². The topological polar surface area (TPSA) is 45.9 Å². The van der Waals surface area contributed by atoms with Crippen LogP contribution in [0.3, 0.4) is 0 Å². The molecule has 19 heavy (non-hydrogen) atoms. The molecule has 98 valence electrons. The minimum Gasteiger partial charge on any atom is -0.486 e. The SMILES string of the molecule is Cc1cccc(OCc2nc(C)c(CC#N)s2)c1C. The number of nitrogens with zero attached hydrogens (tertiary/aromatic N) is 2. The van der Waals surface area contributed by atoms with E-state index in [2.05, 4.69) is 31.0 Å². The predicted molar refractivity (Wildman–Crippen MR) is 76.4 cm³/mol. The van der Waals surface area contributed by atoms with Gasteiger partial charge < -0.3 is 4.74 Å². The molecular weight excluding hydrogens is 256 g/mol. The molecule has 1 heterocycles. The number of nitriles is 1. The number of hydrogen-bond donors (Lipinski definition) is 0. The second-order valence-corrected chi connectivity index (χ2v) is 5.61. The Kier molecular flexibility index (Phi) is 4.18. The fourth-order valence-corrected chi connectivity index (χ4v) is 2.72. The Morgan fingerprint density at radius 1 is 1.32 bits per heavy atom. The van der Waals surface area contributed by atoms with Gasteiger partial charge in [-0.25, -0.2) is 4.98 Å². The fourth-order valence-electron chi connectivity index (χ4n) is 1.81. The normalized spacial score (nSPS) is 10.2. The van der Waals surface area contributed by atoms with Gasteiger partial charge in [-0.3, -0.25) is 0 Å². The first-order valence-electron chi connectivity index (χ1n) is 6.13. The first kappa shape index (κ1) is 13.6. The van der Waals surface area contributed by atoms with Gasteiger partial charge >= 0.3 is 0 Å². The minimum absolute atomic E-state index is 0.424. The maximum absolute atomic E-state index is 8.73. The molecule has 1 aromatic carbocycles. The van der Waals surface area contributed by atoms with Crippen LogP contribution in [0.4, 0.5) is 0 Å². The Labute approximate surface area is 117 Å². The van der Waals surface area contributed by atoms with Gasteiger partial charge in [0.05, 0.1) is 18.2 Å². The summed E-state index contributed by atoms with van der Waals surface area (Å²) in [7, 11) is 0. The molecule has 0 bridgehead atoms. The summed E-state index contributed by atoms with van der Waals surface area (Å²) in [6.07, 6.45) is 0.424. The lowest BCUT2D eigenvalue weighted by Gasteiger charge is -2.09. The smallest absolute Gasteiger partial charge is 0.140 e. The molecule has 0 aliphatic carbocycles. The molecule has 3 nitrogen and oxygen atoms in total. The van der Waals surface area contributed by atoms with Crippen molar-refractivity contribution in [1.82, 2.24) is 4.98 Å². The van der Waals surface area contributed by atoms with Gasteiger partial charge in [-0.1, -0.05) is 12.1 Å². The first-order valence-corrected chi connectivity index (χ1v) is 6.94. The lowest BCUT2D eigenvalue weighted by atomic mass is 10.1. The monoisotopic (exact) mass is 272 g/mol. The molecule has 0 unspecified atom stereocenters. The average molecular weight is 272 g/mol. The van der Waals surface area contributed by atoms with Gasteiger partial charge in [0, 0.05) is 4.88 Å². The van der Waals surface area contributed by atoms with Gasteiger partial charge in [-0.05, 0) is 38.0 Å². The van der Waals surface area contributed by atoms with Crippen molar-refractivity contribution in [3.05, 3.63) is 44.9 Å². The highest BCUT2D eigenvalue weighted by atomic mass is 32.1. The van der Waals surface area contributed by atoms with Gasteiger partial charge in [0.25, 0.3) is 0 Å². The van der Waals surface area contributed by atoms with E-state index >= 15 is 0 Å². The second kappa shape index (κ2) is 5.85. The molecule has 0 fully saturated rings. The zero-order valence-electron chi connectivity index (χ0n) is 11.4. The molecule has 4 heteroatoms. The van der Waals surface area contributed by atoms with E-state index in [-0.39, 0.29) is 0 Å². The molecule has 2 aromatic rings. The summed E-state index contributed by atoms with van der Waals surface area (Å²) in [5, 5.41) is 9.65. The van der Waals surface area contributed by atoms with Crippen molar-refractivity contribution in [2.24, 2.45) is 0 Å². The van der Waals surface area contributed by atoms with Crippen molar-refractivity contribution in [2.75, 3.05) is 0 Å². The van der Waals surface area contributed by atoms with Crippen LogP contribution in [0.2, 0.25) is 0 Å². The van der Waals surface area contributed by atoms with Crippen molar-refractivity contribution in [1.29, 1.82) is 5.26 Å². The van der Waals surface area contributed by atoms with Crippen molar-refractivity contribution in [3.63, 3.8) is 0 Å². The van der Waals surface area contributed by atoms with Gasteiger partial charge in [0.1, 0.15) is 17.4 Å². The van der Waals surface area contributed by atoms with E-state index in [0.717, 1.165) is 26.9 Å². The third kappa shape index (κ3) is 3.12. The summed E-state index contributed by atoms with van der Waals surface area (Å²) in [6.45, 7) is 6.52. The van der Waals surface area contributed by atoms with Crippen molar-refractivity contribution >= 4 is 11.3 Å². The third-order valence-electron chi connectivity index (χ3n) is 3.08. The molecule has 0 radical (unpaired) electrons. The summed E-state index contributed by atoms with van der Waals surface area (Å²) in [4.78, 5) is 5.47. The van der Waals surface area contributed by atoms with Crippen LogP contribution in [0.5, 0.6) is 5.75 Å². The molecule has 0 amide bonds. The summed E-state index contributed by atoms with van der Waals surface area (Å²) in [6, 6.07) is 8.19. The Bertz CT molecular complexity index is 626. The third-order valence-corrected chi connectivity index (χ3v) is 4.21. The molecule has 0 aliphatic heterocycles. The number of thiazole rings is 1. The maximum atomic E-state index is 8.73. The average Bonchev–Trinajstić information content (AvgIpc) is 2.73. The van der Waals surface area contributed by atoms with Crippen LogP contribution in [0.25, 0.3) is 0 Å². The van der Waals surface area contributed by atoms with E-state index in [1.54, 1.807) is 11.3 Å². The molecule has 2 rings (SSSR count).